The van der Waals surface area contributed by atoms with E-state index in [1.54, 1.807) is 0 Å². The highest BCUT2D eigenvalue weighted by molar-refractivity contribution is 5.80. The van der Waals surface area contributed by atoms with Crippen molar-refractivity contribution in [3.05, 3.63) is 29.8 Å². The number of amides is 1. The molecule has 17 heavy (non-hydrogen) atoms. The lowest BCUT2D eigenvalue weighted by Crippen LogP contribution is -2.42. The van der Waals surface area contributed by atoms with Crippen molar-refractivity contribution in [1.29, 1.82) is 0 Å². The Labute approximate surface area is 97.7 Å². The Morgan fingerprint density at radius 3 is 2.82 bits per heavy atom. The SMILES string of the molecule is CCCC(Oc1cc(F)ccc1F)C(=O)NN. The molecule has 0 aromatic heterocycles. The first-order chi connectivity index (χ1) is 8.08. The van der Waals surface area contributed by atoms with Crippen LogP contribution in [-0.2, 0) is 4.79 Å². The van der Waals surface area contributed by atoms with E-state index in [0.29, 0.717) is 12.8 Å². The third-order valence-electron chi connectivity index (χ3n) is 2.15. The number of halogens is 2. The first kappa shape index (κ1) is 13.4. The van der Waals surface area contributed by atoms with Crippen LogP contribution in [0.15, 0.2) is 18.2 Å². The van der Waals surface area contributed by atoms with Gasteiger partial charge in [-0.25, -0.2) is 14.6 Å². The highest BCUT2D eigenvalue weighted by Crippen LogP contribution is 2.20. The van der Waals surface area contributed by atoms with Crippen LogP contribution in [0.4, 0.5) is 8.78 Å². The standard InChI is InChI=1S/C11H14F2N2O2/c1-2-3-9(11(16)15-14)17-10-6-7(12)4-5-8(10)13/h4-6,9H,2-3,14H2,1H3,(H,15,16). The topological polar surface area (TPSA) is 64.3 Å². The predicted octanol–water partition coefficient (Wildman–Crippen LogP) is 1.50. The molecule has 0 fully saturated rings. The van der Waals surface area contributed by atoms with Gasteiger partial charge in [0, 0.05) is 6.07 Å². The van der Waals surface area contributed by atoms with Gasteiger partial charge in [-0.3, -0.25) is 10.2 Å². The number of carbonyl (C=O) groups is 1. The summed E-state index contributed by atoms with van der Waals surface area (Å²) < 4.78 is 31.3. The van der Waals surface area contributed by atoms with Crippen LogP contribution in [0.25, 0.3) is 0 Å². The van der Waals surface area contributed by atoms with Gasteiger partial charge in [0.2, 0.25) is 0 Å². The Bertz CT molecular complexity index is 399. The molecule has 94 valence electrons. The summed E-state index contributed by atoms with van der Waals surface area (Å²) in [7, 11) is 0. The van der Waals surface area contributed by atoms with E-state index in [4.69, 9.17) is 10.6 Å². The first-order valence-electron chi connectivity index (χ1n) is 5.20. The third-order valence-corrected chi connectivity index (χ3v) is 2.15. The number of nitrogens with one attached hydrogen (secondary N) is 1. The van der Waals surface area contributed by atoms with E-state index in [0.717, 1.165) is 18.2 Å². The quantitative estimate of drug-likeness (QED) is 0.468. The van der Waals surface area contributed by atoms with Crippen molar-refractivity contribution in [2.24, 2.45) is 5.84 Å². The molecule has 0 saturated heterocycles. The molecule has 6 heteroatoms. The molecule has 0 heterocycles. The van der Waals surface area contributed by atoms with E-state index in [2.05, 4.69) is 0 Å². The molecule has 1 aromatic carbocycles. The number of ether oxygens (including phenoxy) is 1. The molecule has 1 amide bonds. The maximum atomic E-state index is 13.3. The van der Waals surface area contributed by atoms with E-state index >= 15 is 0 Å². The molecule has 1 atom stereocenters. The molecule has 0 aliphatic carbocycles. The van der Waals surface area contributed by atoms with Crippen LogP contribution in [-0.4, -0.2) is 12.0 Å². The summed E-state index contributed by atoms with van der Waals surface area (Å²) in [5, 5.41) is 0. The second kappa shape index (κ2) is 6.15. The van der Waals surface area contributed by atoms with Crippen molar-refractivity contribution in [1.82, 2.24) is 5.43 Å². The van der Waals surface area contributed by atoms with E-state index in [1.807, 2.05) is 12.3 Å². The summed E-state index contributed by atoms with van der Waals surface area (Å²) in [5.74, 6) is 2.75. The van der Waals surface area contributed by atoms with Crippen LogP contribution in [0.2, 0.25) is 0 Å². The Morgan fingerprint density at radius 2 is 2.24 bits per heavy atom. The molecular weight excluding hydrogens is 230 g/mol. The van der Waals surface area contributed by atoms with Gasteiger partial charge >= 0.3 is 0 Å². The Morgan fingerprint density at radius 1 is 1.53 bits per heavy atom. The van der Waals surface area contributed by atoms with Crippen LogP contribution < -0.4 is 16.0 Å². The van der Waals surface area contributed by atoms with Crippen molar-refractivity contribution in [3.8, 4) is 5.75 Å². The molecule has 3 N–H and O–H groups in total. The fraction of sp³-hybridized carbons (Fsp3) is 0.364. The van der Waals surface area contributed by atoms with Crippen LogP contribution in [0.1, 0.15) is 19.8 Å². The summed E-state index contributed by atoms with van der Waals surface area (Å²) in [6.07, 6.45) is 0.0786. The Kier molecular flexibility index (Phi) is 4.84. The second-order valence-electron chi connectivity index (χ2n) is 3.48. The average Bonchev–Trinajstić information content (AvgIpc) is 2.32. The number of carbonyl (C=O) groups excluding carboxylic acids is 1. The van der Waals surface area contributed by atoms with Crippen molar-refractivity contribution in [3.63, 3.8) is 0 Å². The van der Waals surface area contributed by atoms with Gasteiger partial charge in [-0.05, 0) is 18.6 Å². The number of nitrogens with two attached hydrogens (primary N) is 1. The van der Waals surface area contributed by atoms with Crippen molar-refractivity contribution in [2.75, 3.05) is 0 Å². The van der Waals surface area contributed by atoms with Crippen LogP contribution >= 0.6 is 0 Å². The number of rotatable bonds is 5. The molecule has 0 radical (unpaired) electrons. The van der Waals surface area contributed by atoms with E-state index < -0.39 is 23.6 Å². The molecule has 0 aliphatic rings. The van der Waals surface area contributed by atoms with Gasteiger partial charge in [-0.2, -0.15) is 0 Å². The van der Waals surface area contributed by atoms with Crippen LogP contribution in [0.3, 0.4) is 0 Å². The van der Waals surface area contributed by atoms with Crippen molar-refractivity contribution < 1.29 is 18.3 Å². The predicted molar refractivity (Wildman–Crippen MR) is 58.0 cm³/mol. The molecular formula is C11H14F2N2O2. The van der Waals surface area contributed by atoms with Crippen LogP contribution in [0, 0.1) is 11.6 Å². The van der Waals surface area contributed by atoms with Gasteiger partial charge in [-0.1, -0.05) is 13.3 Å². The lowest BCUT2D eigenvalue weighted by molar-refractivity contribution is -0.128. The third kappa shape index (κ3) is 3.67. The summed E-state index contributed by atoms with van der Waals surface area (Å²) in [6, 6.07) is 2.80. The van der Waals surface area contributed by atoms with Crippen molar-refractivity contribution >= 4 is 5.91 Å². The second-order valence-corrected chi connectivity index (χ2v) is 3.48. The zero-order valence-corrected chi connectivity index (χ0v) is 9.37. The molecule has 1 unspecified atom stereocenters. The van der Waals surface area contributed by atoms with Gasteiger partial charge < -0.3 is 4.74 Å². The number of hydrogen-bond donors (Lipinski definition) is 2. The zero-order valence-electron chi connectivity index (χ0n) is 9.37. The number of hydrazine groups is 1. The lowest BCUT2D eigenvalue weighted by Gasteiger charge is -2.17. The monoisotopic (exact) mass is 244 g/mol. The van der Waals surface area contributed by atoms with Gasteiger partial charge in [0.05, 0.1) is 0 Å². The van der Waals surface area contributed by atoms with Gasteiger partial charge in [-0.15, -0.1) is 0 Å². The minimum Gasteiger partial charge on any atom is -0.477 e. The van der Waals surface area contributed by atoms with Crippen molar-refractivity contribution in [2.45, 2.75) is 25.9 Å². The molecule has 4 nitrogen and oxygen atoms in total. The first-order valence-corrected chi connectivity index (χ1v) is 5.20. The molecule has 1 aromatic rings. The fourth-order valence-corrected chi connectivity index (χ4v) is 1.32. The molecule has 1 rings (SSSR count). The average molecular weight is 244 g/mol. The van der Waals surface area contributed by atoms with E-state index in [1.165, 1.54) is 0 Å². The van der Waals surface area contributed by atoms with E-state index in [9.17, 15) is 13.6 Å². The zero-order chi connectivity index (χ0) is 12.8. The maximum Gasteiger partial charge on any atom is 0.274 e. The van der Waals surface area contributed by atoms with Gasteiger partial charge in [0.25, 0.3) is 5.91 Å². The Hall–Kier alpha value is -1.69. The summed E-state index contributed by atoms with van der Waals surface area (Å²) in [4.78, 5) is 11.3. The fourth-order valence-electron chi connectivity index (χ4n) is 1.32. The summed E-state index contributed by atoms with van der Waals surface area (Å²) in [5.41, 5.74) is 1.92. The van der Waals surface area contributed by atoms with Gasteiger partial charge in [0.15, 0.2) is 17.7 Å². The molecule has 0 saturated carbocycles. The molecule has 0 bridgehead atoms. The van der Waals surface area contributed by atoms with Gasteiger partial charge in [0.1, 0.15) is 5.82 Å². The minimum atomic E-state index is -0.929. The minimum absolute atomic E-state index is 0.299. The molecule has 0 aliphatic heterocycles. The summed E-state index contributed by atoms with van der Waals surface area (Å²) >= 11 is 0. The normalized spacial score (nSPS) is 12.0. The number of benzene rings is 1. The van der Waals surface area contributed by atoms with Crippen LogP contribution in [0.5, 0.6) is 5.75 Å². The molecule has 0 spiro atoms. The lowest BCUT2D eigenvalue weighted by atomic mass is 10.2. The largest absolute Gasteiger partial charge is 0.477 e. The number of hydrogen-bond acceptors (Lipinski definition) is 3. The highest BCUT2D eigenvalue weighted by Gasteiger charge is 2.20. The van der Waals surface area contributed by atoms with E-state index in [-0.39, 0.29) is 5.75 Å². The highest BCUT2D eigenvalue weighted by atomic mass is 19.1. The summed E-state index contributed by atoms with van der Waals surface area (Å²) in [6.45, 7) is 1.84. The Balaban J connectivity index is 2.85. The smallest absolute Gasteiger partial charge is 0.274 e. The maximum absolute atomic E-state index is 13.3.